The fraction of sp³-hybridized carbons (Fsp3) is 0.304. The molecule has 0 aliphatic carbocycles. The summed E-state index contributed by atoms with van der Waals surface area (Å²) in [5.41, 5.74) is 3.40. The summed E-state index contributed by atoms with van der Waals surface area (Å²) in [5, 5.41) is 0.738. The van der Waals surface area contributed by atoms with Gasteiger partial charge in [0.25, 0.3) is 5.91 Å². The molecule has 0 fully saturated rings. The maximum Gasteiger partial charge on any atom is 0.259 e. The maximum atomic E-state index is 14.3. The molecule has 154 valence electrons. The molecule has 0 saturated carbocycles. The van der Waals surface area contributed by atoms with Gasteiger partial charge in [0.05, 0.1) is 18.7 Å². The molecule has 0 radical (unpaired) electrons. The number of halogens is 2. The normalized spacial score (nSPS) is 19.1. The largest absolute Gasteiger partial charge is 0.314 e. The van der Waals surface area contributed by atoms with Gasteiger partial charge in [-0.05, 0) is 17.7 Å². The zero-order chi connectivity index (χ0) is 20.7. The van der Waals surface area contributed by atoms with E-state index in [0.29, 0.717) is 31.2 Å². The summed E-state index contributed by atoms with van der Waals surface area (Å²) in [5.74, 6) is 0.273. The van der Waals surface area contributed by atoms with Gasteiger partial charge in [0.2, 0.25) is 5.96 Å². The lowest BCUT2D eigenvalue weighted by Gasteiger charge is -2.42. The predicted molar refractivity (Wildman–Crippen MR) is 114 cm³/mol. The Hall–Kier alpha value is -2.70. The average molecular weight is 425 g/mol. The first-order valence-electron chi connectivity index (χ1n) is 10.2. The van der Waals surface area contributed by atoms with E-state index in [1.807, 2.05) is 24.3 Å². The molecule has 3 heterocycles. The van der Waals surface area contributed by atoms with Gasteiger partial charge in [0.1, 0.15) is 5.82 Å². The monoisotopic (exact) mass is 424 g/mol. The van der Waals surface area contributed by atoms with E-state index in [1.54, 1.807) is 23.1 Å². The molecule has 0 aromatic heterocycles. The van der Waals surface area contributed by atoms with Gasteiger partial charge in [0, 0.05) is 48.9 Å². The second-order valence-corrected chi connectivity index (χ2v) is 8.20. The number of carbonyl (C=O) groups is 1. The molecule has 0 unspecified atom stereocenters. The Balaban J connectivity index is 1.42. The fourth-order valence-corrected chi connectivity index (χ4v) is 4.61. The number of nitrogens with zero attached hydrogens (tertiary/aromatic N) is 4. The molecule has 5 rings (SSSR count). The van der Waals surface area contributed by atoms with Gasteiger partial charge in [-0.3, -0.25) is 19.6 Å². The third-order valence-corrected chi connectivity index (χ3v) is 6.29. The lowest BCUT2D eigenvalue weighted by molar-refractivity contribution is -0.125. The third-order valence-electron chi connectivity index (χ3n) is 5.92. The molecule has 3 aliphatic heterocycles. The van der Waals surface area contributed by atoms with Crippen LogP contribution in [0.15, 0.2) is 64.8 Å². The zero-order valence-electron chi connectivity index (χ0n) is 16.5. The molecular weight excluding hydrogens is 403 g/mol. The van der Waals surface area contributed by atoms with Crippen molar-refractivity contribution in [2.75, 3.05) is 26.2 Å². The van der Waals surface area contributed by atoms with Crippen molar-refractivity contribution < 1.29 is 9.18 Å². The highest BCUT2D eigenvalue weighted by Gasteiger charge is 2.41. The van der Waals surface area contributed by atoms with Gasteiger partial charge in [0.15, 0.2) is 0 Å². The molecule has 0 N–H and O–H groups in total. The Bertz CT molecular complexity index is 1070. The summed E-state index contributed by atoms with van der Waals surface area (Å²) in [6.07, 6.45) is 0.790. The van der Waals surface area contributed by atoms with Crippen LogP contribution in [0, 0.1) is 5.82 Å². The van der Waals surface area contributed by atoms with Crippen LogP contribution in [-0.4, -0.2) is 52.7 Å². The number of guanidine groups is 1. The van der Waals surface area contributed by atoms with E-state index in [2.05, 4.69) is 14.8 Å². The van der Waals surface area contributed by atoms with E-state index in [4.69, 9.17) is 11.6 Å². The lowest BCUT2D eigenvalue weighted by Crippen LogP contribution is -2.53. The van der Waals surface area contributed by atoms with Gasteiger partial charge in [-0.25, -0.2) is 4.39 Å². The standard InChI is InChI=1S/C23H22ClFN4O/c24-19-7-3-1-5-16(19)13-27-11-9-21-18(15-27)22(30)29(23-26-10-12-28(21)23)14-17-6-2-4-8-20(17)25/h1-8H,9-15H2. The van der Waals surface area contributed by atoms with Crippen LogP contribution in [0.1, 0.15) is 17.5 Å². The number of fused-ring (bicyclic) bond motifs is 2. The topological polar surface area (TPSA) is 39.2 Å². The van der Waals surface area contributed by atoms with Gasteiger partial charge in [-0.2, -0.15) is 0 Å². The quantitative estimate of drug-likeness (QED) is 0.752. The SMILES string of the molecule is O=C1C2=C(CCN(Cc3ccccc3Cl)C2)N2CCN=C2N1Cc1ccccc1F. The molecule has 7 heteroatoms. The van der Waals surface area contributed by atoms with Crippen molar-refractivity contribution in [3.05, 3.63) is 81.8 Å². The van der Waals surface area contributed by atoms with E-state index in [9.17, 15) is 9.18 Å². The Morgan fingerprint density at radius 1 is 1.00 bits per heavy atom. The van der Waals surface area contributed by atoms with Crippen molar-refractivity contribution in [2.24, 2.45) is 4.99 Å². The van der Waals surface area contributed by atoms with Crippen LogP contribution < -0.4 is 0 Å². The molecule has 0 atom stereocenters. The van der Waals surface area contributed by atoms with Crippen LogP contribution in [0.3, 0.4) is 0 Å². The minimum atomic E-state index is -0.306. The van der Waals surface area contributed by atoms with E-state index in [0.717, 1.165) is 41.4 Å². The fourth-order valence-electron chi connectivity index (χ4n) is 4.42. The summed E-state index contributed by atoms with van der Waals surface area (Å²) < 4.78 is 14.3. The van der Waals surface area contributed by atoms with E-state index in [-0.39, 0.29) is 18.3 Å². The molecular formula is C23H22ClFN4O. The Morgan fingerprint density at radius 2 is 1.77 bits per heavy atom. The predicted octanol–water partition coefficient (Wildman–Crippen LogP) is 3.65. The Morgan fingerprint density at radius 3 is 2.57 bits per heavy atom. The molecule has 3 aliphatic rings. The highest BCUT2D eigenvalue weighted by atomic mass is 35.5. The minimum absolute atomic E-state index is 0.0750. The van der Waals surface area contributed by atoms with E-state index in [1.165, 1.54) is 6.07 Å². The third kappa shape index (κ3) is 3.40. The van der Waals surface area contributed by atoms with Crippen molar-refractivity contribution in [1.29, 1.82) is 0 Å². The molecule has 1 amide bonds. The highest BCUT2D eigenvalue weighted by Crippen LogP contribution is 2.32. The number of hydrogen-bond acceptors (Lipinski definition) is 4. The second-order valence-electron chi connectivity index (χ2n) is 7.79. The van der Waals surface area contributed by atoms with E-state index >= 15 is 0 Å². The van der Waals surface area contributed by atoms with Gasteiger partial charge in [-0.15, -0.1) is 0 Å². The summed E-state index contributed by atoms with van der Waals surface area (Å²) >= 11 is 6.34. The first-order chi connectivity index (χ1) is 14.6. The Labute approximate surface area is 180 Å². The summed E-state index contributed by atoms with van der Waals surface area (Å²) in [6, 6.07) is 14.4. The molecule has 0 spiro atoms. The highest BCUT2D eigenvalue weighted by molar-refractivity contribution is 6.31. The second kappa shape index (κ2) is 7.85. The van der Waals surface area contributed by atoms with Gasteiger partial charge in [-0.1, -0.05) is 48.0 Å². The van der Waals surface area contributed by atoms with Crippen LogP contribution >= 0.6 is 11.6 Å². The summed E-state index contributed by atoms with van der Waals surface area (Å²) in [4.78, 5) is 24.1. The van der Waals surface area contributed by atoms with Crippen molar-refractivity contribution in [2.45, 2.75) is 19.5 Å². The number of amides is 1. The van der Waals surface area contributed by atoms with Crippen LogP contribution in [0.2, 0.25) is 5.02 Å². The van der Waals surface area contributed by atoms with Crippen molar-refractivity contribution in [1.82, 2.24) is 14.7 Å². The minimum Gasteiger partial charge on any atom is -0.314 e. The number of aliphatic imine (C=N–C) groups is 1. The van der Waals surface area contributed by atoms with Crippen molar-refractivity contribution in [3.8, 4) is 0 Å². The number of carbonyl (C=O) groups excluding carboxylic acids is 1. The van der Waals surface area contributed by atoms with E-state index < -0.39 is 0 Å². The molecule has 0 saturated heterocycles. The average Bonchev–Trinajstić information content (AvgIpc) is 3.24. The number of hydrogen-bond donors (Lipinski definition) is 0. The Kier molecular flexibility index (Phi) is 5.05. The molecule has 2 aromatic rings. The van der Waals surface area contributed by atoms with Crippen molar-refractivity contribution in [3.63, 3.8) is 0 Å². The van der Waals surface area contributed by atoms with Crippen LogP contribution in [0.4, 0.5) is 4.39 Å². The molecule has 5 nitrogen and oxygen atoms in total. The first-order valence-corrected chi connectivity index (χ1v) is 10.5. The first kappa shape index (κ1) is 19.3. The molecule has 0 bridgehead atoms. The number of benzene rings is 2. The van der Waals surface area contributed by atoms with Gasteiger partial charge < -0.3 is 4.90 Å². The lowest BCUT2D eigenvalue weighted by atomic mass is 10.00. The molecule has 30 heavy (non-hydrogen) atoms. The maximum absolute atomic E-state index is 14.3. The number of rotatable bonds is 4. The smallest absolute Gasteiger partial charge is 0.259 e. The van der Waals surface area contributed by atoms with Crippen LogP contribution in [0.25, 0.3) is 0 Å². The molecule has 2 aromatic carbocycles. The van der Waals surface area contributed by atoms with Crippen molar-refractivity contribution >= 4 is 23.5 Å². The van der Waals surface area contributed by atoms with Crippen LogP contribution in [0.5, 0.6) is 0 Å². The summed E-state index contributed by atoms with van der Waals surface area (Å²) in [7, 11) is 0. The summed E-state index contributed by atoms with van der Waals surface area (Å²) in [6.45, 7) is 3.70. The zero-order valence-corrected chi connectivity index (χ0v) is 17.3. The van der Waals surface area contributed by atoms with Gasteiger partial charge >= 0.3 is 0 Å². The van der Waals surface area contributed by atoms with Crippen LogP contribution in [-0.2, 0) is 17.9 Å².